The summed E-state index contributed by atoms with van der Waals surface area (Å²) in [6.45, 7) is 9.78. The van der Waals surface area contributed by atoms with E-state index in [1.807, 2.05) is 19.1 Å². The van der Waals surface area contributed by atoms with Crippen LogP contribution in [0.1, 0.15) is 67.1 Å². The third kappa shape index (κ3) is 5.75. The molecule has 0 bridgehead atoms. The van der Waals surface area contributed by atoms with E-state index in [4.69, 9.17) is 4.74 Å². The minimum Gasteiger partial charge on any atom is -0.496 e. The fourth-order valence-electron chi connectivity index (χ4n) is 3.60. The highest BCUT2D eigenvalue weighted by atomic mass is 19.4. The molecule has 0 fully saturated rings. The number of anilines is 1. The molecule has 0 heterocycles. The van der Waals surface area contributed by atoms with E-state index < -0.39 is 17.6 Å². The molecule has 2 rings (SSSR count). The molecule has 6 heteroatoms. The van der Waals surface area contributed by atoms with Crippen LogP contribution in [0.2, 0.25) is 0 Å². The van der Waals surface area contributed by atoms with Crippen molar-refractivity contribution in [3.63, 3.8) is 0 Å². The van der Waals surface area contributed by atoms with Crippen molar-refractivity contribution in [3.8, 4) is 5.75 Å². The molecule has 29 heavy (non-hydrogen) atoms. The van der Waals surface area contributed by atoms with Gasteiger partial charge in [0.15, 0.2) is 0 Å². The Hall–Kier alpha value is -2.50. The van der Waals surface area contributed by atoms with Gasteiger partial charge >= 0.3 is 6.18 Å². The lowest BCUT2D eigenvalue weighted by atomic mass is 9.81. The van der Waals surface area contributed by atoms with Gasteiger partial charge in [0.2, 0.25) is 0 Å². The van der Waals surface area contributed by atoms with Crippen LogP contribution >= 0.6 is 0 Å². The molecule has 0 aromatic heterocycles. The Balaban J connectivity index is 2.43. The van der Waals surface area contributed by atoms with Crippen LogP contribution in [-0.4, -0.2) is 13.0 Å². The largest absolute Gasteiger partial charge is 0.496 e. The molecular formula is C23H28F3NO2. The van der Waals surface area contributed by atoms with Crippen molar-refractivity contribution < 1.29 is 22.7 Å². The summed E-state index contributed by atoms with van der Waals surface area (Å²) in [5, 5.41) is 2.61. The number of alkyl halides is 3. The van der Waals surface area contributed by atoms with Crippen LogP contribution in [0.25, 0.3) is 0 Å². The van der Waals surface area contributed by atoms with Gasteiger partial charge in [-0.2, -0.15) is 13.2 Å². The van der Waals surface area contributed by atoms with Gasteiger partial charge in [0, 0.05) is 5.69 Å². The van der Waals surface area contributed by atoms with Crippen LogP contribution in [0, 0.1) is 12.3 Å². The van der Waals surface area contributed by atoms with E-state index in [9.17, 15) is 18.0 Å². The molecular weight excluding hydrogens is 379 g/mol. The molecule has 1 amide bonds. The predicted molar refractivity (Wildman–Crippen MR) is 110 cm³/mol. The number of amides is 1. The quantitative estimate of drug-likeness (QED) is 0.591. The second-order valence-corrected chi connectivity index (χ2v) is 8.57. The summed E-state index contributed by atoms with van der Waals surface area (Å²) < 4.78 is 45.0. The van der Waals surface area contributed by atoms with Gasteiger partial charge in [-0.1, -0.05) is 45.9 Å². The van der Waals surface area contributed by atoms with E-state index >= 15 is 0 Å². The normalized spacial score (nSPS) is 13.1. The van der Waals surface area contributed by atoms with Gasteiger partial charge in [-0.05, 0) is 54.0 Å². The van der Waals surface area contributed by atoms with Crippen LogP contribution in [0.4, 0.5) is 18.9 Å². The summed E-state index contributed by atoms with van der Waals surface area (Å²) >= 11 is 0. The first-order valence-corrected chi connectivity index (χ1v) is 9.49. The van der Waals surface area contributed by atoms with Gasteiger partial charge in [-0.25, -0.2) is 0 Å². The summed E-state index contributed by atoms with van der Waals surface area (Å²) in [5.41, 5.74) is 0.632. The average Bonchev–Trinajstić information content (AvgIpc) is 2.60. The summed E-state index contributed by atoms with van der Waals surface area (Å²) in [5.74, 6) is -0.0336. The highest BCUT2D eigenvalue weighted by molar-refractivity contribution is 6.07. The van der Waals surface area contributed by atoms with E-state index in [0.29, 0.717) is 11.3 Å². The summed E-state index contributed by atoms with van der Waals surface area (Å²) in [4.78, 5) is 13.1. The molecule has 0 saturated heterocycles. The van der Waals surface area contributed by atoms with Crippen LogP contribution in [0.3, 0.4) is 0 Å². The van der Waals surface area contributed by atoms with Crippen LogP contribution < -0.4 is 10.1 Å². The molecule has 0 aliphatic rings. The SMILES string of the molecule is COc1cccc(C(C)CC(C)(C)C)c1C(=O)Nc1ccc(C)c(C(F)(F)F)c1. The lowest BCUT2D eigenvalue weighted by Gasteiger charge is -2.25. The number of hydrogen-bond acceptors (Lipinski definition) is 2. The number of benzene rings is 2. The maximum absolute atomic E-state index is 13.2. The van der Waals surface area contributed by atoms with Gasteiger partial charge < -0.3 is 10.1 Å². The fourth-order valence-corrected chi connectivity index (χ4v) is 3.60. The Morgan fingerprint density at radius 2 is 1.79 bits per heavy atom. The molecule has 1 atom stereocenters. The smallest absolute Gasteiger partial charge is 0.416 e. The minimum atomic E-state index is -4.48. The van der Waals surface area contributed by atoms with Crippen LogP contribution in [0.15, 0.2) is 36.4 Å². The Morgan fingerprint density at radius 1 is 1.14 bits per heavy atom. The Kier molecular flexibility index (Phi) is 6.66. The Bertz CT molecular complexity index is 883. The monoisotopic (exact) mass is 407 g/mol. The van der Waals surface area contributed by atoms with Gasteiger partial charge in [0.05, 0.1) is 18.2 Å². The van der Waals surface area contributed by atoms with E-state index in [-0.39, 0.29) is 22.6 Å². The molecule has 3 nitrogen and oxygen atoms in total. The number of carbonyl (C=O) groups excluding carboxylic acids is 1. The fraction of sp³-hybridized carbons (Fsp3) is 0.435. The van der Waals surface area contributed by atoms with Gasteiger partial charge in [-0.15, -0.1) is 0 Å². The zero-order valence-corrected chi connectivity index (χ0v) is 17.7. The topological polar surface area (TPSA) is 38.3 Å². The molecule has 1 unspecified atom stereocenters. The van der Waals surface area contributed by atoms with Gasteiger partial charge in [0.1, 0.15) is 5.75 Å². The number of hydrogen-bond donors (Lipinski definition) is 1. The van der Waals surface area contributed by atoms with Crippen LogP contribution in [0.5, 0.6) is 5.75 Å². The van der Waals surface area contributed by atoms with Crippen molar-refractivity contribution in [2.45, 2.75) is 53.1 Å². The molecule has 0 aliphatic carbocycles. The van der Waals surface area contributed by atoms with Crippen molar-refractivity contribution in [2.24, 2.45) is 5.41 Å². The standard InChI is InChI=1S/C23H28F3NO2/c1-14-10-11-16(12-18(14)23(24,25)26)27-21(28)20-17(8-7-9-19(20)29-6)15(2)13-22(3,4)5/h7-12,15H,13H2,1-6H3,(H,27,28). The molecule has 1 N–H and O–H groups in total. The van der Waals surface area contributed by atoms with E-state index in [1.165, 1.54) is 26.2 Å². The number of carbonyl (C=O) groups is 1. The highest BCUT2D eigenvalue weighted by Crippen LogP contribution is 2.37. The third-order valence-corrected chi connectivity index (χ3v) is 4.76. The predicted octanol–water partition coefficient (Wildman–Crippen LogP) is 6.81. The zero-order valence-electron chi connectivity index (χ0n) is 17.7. The first-order valence-electron chi connectivity index (χ1n) is 9.49. The first-order chi connectivity index (χ1) is 13.3. The lowest BCUT2D eigenvalue weighted by molar-refractivity contribution is -0.138. The van der Waals surface area contributed by atoms with Crippen molar-refractivity contribution in [3.05, 3.63) is 58.7 Å². The summed E-state index contributed by atoms with van der Waals surface area (Å²) in [6, 6.07) is 9.14. The Labute approximate surface area is 170 Å². The number of halogens is 3. The number of aryl methyl sites for hydroxylation is 1. The molecule has 2 aromatic carbocycles. The molecule has 0 saturated carbocycles. The molecule has 0 radical (unpaired) electrons. The maximum atomic E-state index is 13.2. The first kappa shape index (κ1) is 22.8. The number of methoxy groups -OCH3 is 1. The van der Waals surface area contributed by atoms with E-state index in [2.05, 4.69) is 26.1 Å². The minimum absolute atomic E-state index is 0.0504. The van der Waals surface area contributed by atoms with Crippen molar-refractivity contribution in [1.82, 2.24) is 0 Å². The summed E-state index contributed by atoms with van der Waals surface area (Å²) in [7, 11) is 1.47. The number of nitrogens with one attached hydrogen (secondary N) is 1. The number of ether oxygens (including phenoxy) is 1. The molecule has 2 aromatic rings. The third-order valence-electron chi connectivity index (χ3n) is 4.76. The van der Waals surface area contributed by atoms with Crippen molar-refractivity contribution in [2.75, 3.05) is 12.4 Å². The van der Waals surface area contributed by atoms with E-state index in [0.717, 1.165) is 18.1 Å². The molecule has 0 aliphatic heterocycles. The number of rotatable bonds is 5. The second-order valence-electron chi connectivity index (χ2n) is 8.57. The second kappa shape index (κ2) is 8.47. The highest BCUT2D eigenvalue weighted by Gasteiger charge is 2.33. The molecule has 158 valence electrons. The van der Waals surface area contributed by atoms with Gasteiger partial charge in [-0.3, -0.25) is 4.79 Å². The van der Waals surface area contributed by atoms with Crippen molar-refractivity contribution >= 4 is 11.6 Å². The van der Waals surface area contributed by atoms with Crippen LogP contribution in [-0.2, 0) is 6.18 Å². The van der Waals surface area contributed by atoms with Gasteiger partial charge in [0.25, 0.3) is 5.91 Å². The summed E-state index contributed by atoms with van der Waals surface area (Å²) in [6.07, 6.45) is -3.65. The average molecular weight is 407 g/mol. The van der Waals surface area contributed by atoms with E-state index in [1.54, 1.807) is 6.07 Å². The zero-order chi connectivity index (χ0) is 22.0. The Morgan fingerprint density at radius 3 is 2.34 bits per heavy atom. The lowest BCUT2D eigenvalue weighted by Crippen LogP contribution is -2.19. The van der Waals surface area contributed by atoms with Crippen molar-refractivity contribution in [1.29, 1.82) is 0 Å². The maximum Gasteiger partial charge on any atom is 0.416 e. The molecule has 0 spiro atoms.